The Hall–Kier alpha value is -3.35. The van der Waals surface area contributed by atoms with Crippen LogP contribution in [0.15, 0.2) is 48.5 Å². The minimum absolute atomic E-state index is 0.348. The smallest absolute Gasteiger partial charge is 0.325 e. The molecule has 1 atom stereocenters. The molecule has 0 radical (unpaired) electrons. The fraction of sp³-hybridized carbons (Fsp3) is 0.318. The minimum Gasteiger partial charge on any atom is -0.497 e. The molecular weight excluding hydrogens is 370 g/mol. The second-order valence-corrected chi connectivity index (χ2v) is 6.91. The van der Waals surface area contributed by atoms with Crippen LogP contribution in [0.3, 0.4) is 0 Å². The van der Waals surface area contributed by atoms with Crippen molar-refractivity contribution < 1.29 is 19.1 Å². The van der Waals surface area contributed by atoms with Gasteiger partial charge in [-0.2, -0.15) is 0 Å². The number of methoxy groups -OCH3 is 1. The zero-order chi connectivity index (χ0) is 21.0. The normalized spacial score (nSPS) is 18.5. The van der Waals surface area contributed by atoms with E-state index in [1.807, 2.05) is 32.0 Å². The molecule has 0 aliphatic carbocycles. The third-order valence-corrected chi connectivity index (χ3v) is 5.21. The molecule has 2 aromatic rings. The topological polar surface area (TPSA) is 87.7 Å². The first-order chi connectivity index (χ1) is 13.9. The first-order valence-corrected chi connectivity index (χ1v) is 9.61. The summed E-state index contributed by atoms with van der Waals surface area (Å²) in [6.07, 6.45) is 1.21. The zero-order valence-corrected chi connectivity index (χ0v) is 16.8. The maximum Gasteiger partial charge on any atom is 0.325 e. The lowest BCUT2D eigenvalue weighted by atomic mass is 9.87. The summed E-state index contributed by atoms with van der Waals surface area (Å²) in [4.78, 5) is 39.1. The van der Waals surface area contributed by atoms with Gasteiger partial charge in [-0.25, -0.2) is 4.79 Å². The van der Waals surface area contributed by atoms with E-state index in [-0.39, 0.29) is 6.54 Å². The van der Waals surface area contributed by atoms with E-state index in [9.17, 15) is 14.4 Å². The van der Waals surface area contributed by atoms with Crippen molar-refractivity contribution in [3.05, 3.63) is 59.7 Å². The molecule has 2 aromatic carbocycles. The summed E-state index contributed by atoms with van der Waals surface area (Å²) in [5.74, 6) is -0.210. The summed E-state index contributed by atoms with van der Waals surface area (Å²) in [5.41, 5.74) is 1.18. The van der Waals surface area contributed by atoms with Gasteiger partial charge in [-0.3, -0.25) is 14.5 Å². The van der Waals surface area contributed by atoms with Crippen molar-refractivity contribution in [1.29, 1.82) is 0 Å². The van der Waals surface area contributed by atoms with Crippen molar-refractivity contribution in [2.45, 2.75) is 32.2 Å². The van der Waals surface area contributed by atoms with Gasteiger partial charge in [0.2, 0.25) is 5.91 Å². The molecule has 3 rings (SSSR count). The fourth-order valence-corrected chi connectivity index (χ4v) is 3.50. The van der Waals surface area contributed by atoms with Gasteiger partial charge in [-0.1, -0.05) is 38.1 Å². The third kappa shape index (κ3) is 3.94. The van der Waals surface area contributed by atoms with E-state index in [1.54, 1.807) is 37.4 Å². The lowest BCUT2D eigenvalue weighted by Gasteiger charge is -2.26. The number of rotatable bonds is 7. The van der Waals surface area contributed by atoms with Gasteiger partial charge in [0.05, 0.1) is 7.11 Å². The van der Waals surface area contributed by atoms with E-state index >= 15 is 0 Å². The number of urea groups is 1. The van der Waals surface area contributed by atoms with E-state index in [0.717, 1.165) is 16.9 Å². The maximum absolute atomic E-state index is 13.1. The molecule has 0 bridgehead atoms. The van der Waals surface area contributed by atoms with Crippen LogP contribution in [0.1, 0.15) is 31.4 Å². The van der Waals surface area contributed by atoms with Crippen LogP contribution >= 0.6 is 0 Å². The quantitative estimate of drug-likeness (QED) is 0.706. The summed E-state index contributed by atoms with van der Waals surface area (Å²) in [6.45, 7) is 3.50. The van der Waals surface area contributed by atoms with Crippen LogP contribution in [0.5, 0.6) is 5.75 Å². The van der Waals surface area contributed by atoms with E-state index in [4.69, 9.17) is 4.74 Å². The van der Waals surface area contributed by atoms with Gasteiger partial charge >= 0.3 is 6.03 Å². The standard InChI is InChI=1S/C22H25N3O4/c1-4-15-7-6-8-17(13-15)23-19(26)14-25-20(27)22(5-2,24-21(25)28)16-9-11-18(29-3)12-10-16/h6-13H,4-5,14H2,1-3H3,(H,23,26)(H,24,28)/t22-/m0/s1. The highest BCUT2D eigenvalue weighted by Gasteiger charge is 2.51. The number of carbonyl (C=O) groups excluding carboxylic acids is 3. The monoisotopic (exact) mass is 395 g/mol. The average Bonchev–Trinajstić information content (AvgIpc) is 2.99. The molecule has 2 N–H and O–H groups in total. The molecule has 1 fully saturated rings. The second kappa shape index (κ2) is 8.34. The van der Waals surface area contributed by atoms with Crippen LogP contribution < -0.4 is 15.4 Å². The fourth-order valence-electron chi connectivity index (χ4n) is 3.50. The van der Waals surface area contributed by atoms with Gasteiger partial charge in [0.25, 0.3) is 5.91 Å². The molecule has 29 heavy (non-hydrogen) atoms. The highest BCUT2D eigenvalue weighted by atomic mass is 16.5. The summed E-state index contributed by atoms with van der Waals surface area (Å²) < 4.78 is 5.16. The molecule has 1 aliphatic rings. The van der Waals surface area contributed by atoms with Crippen molar-refractivity contribution >= 4 is 23.5 Å². The molecule has 4 amide bonds. The van der Waals surface area contributed by atoms with Crippen molar-refractivity contribution in [3.8, 4) is 5.75 Å². The second-order valence-electron chi connectivity index (χ2n) is 6.91. The maximum atomic E-state index is 13.1. The highest BCUT2D eigenvalue weighted by Crippen LogP contribution is 2.33. The lowest BCUT2D eigenvalue weighted by Crippen LogP contribution is -2.44. The largest absolute Gasteiger partial charge is 0.497 e. The van der Waals surface area contributed by atoms with Crippen LogP contribution in [0.25, 0.3) is 0 Å². The SMILES string of the molecule is CCc1cccc(NC(=O)CN2C(=O)N[C@@](CC)(c3ccc(OC)cc3)C2=O)c1. The van der Waals surface area contributed by atoms with Gasteiger partial charge in [0.15, 0.2) is 0 Å². The molecule has 1 heterocycles. The van der Waals surface area contributed by atoms with Gasteiger partial charge in [0, 0.05) is 5.69 Å². The van der Waals surface area contributed by atoms with Crippen molar-refractivity contribution in [3.63, 3.8) is 0 Å². The minimum atomic E-state index is -1.19. The number of nitrogens with zero attached hydrogens (tertiary/aromatic N) is 1. The Morgan fingerprint density at radius 3 is 2.48 bits per heavy atom. The summed E-state index contributed by atoms with van der Waals surface area (Å²) in [7, 11) is 1.56. The van der Waals surface area contributed by atoms with E-state index in [1.165, 1.54) is 0 Å². The number of hydrogen-bond donors (Lipinski definition) is 2. The number of ether oxygens (including phenoxy) is 1. The van der Waals surface area contributed by atoms with E-state index in [2.05, 4.69) is 10.6 Å². The van der Waals surface area contributed by atoms with Gasteiger partial charge < -0.3 is 15.4 Å². The molecule has 152 valence electrons. The Morgan fingerprint density at radius 2 is 1.86 bits per heavy atom. The predicted octanol–water partition coefficient (Wildman–Crippen LogP) is 3.05. The predicted molar refractivity (Wildman–Crippen MR) is 110 cm³/mol. The molecule has 0 spiro atoms. The van der Waals surface area contributed by atoms with Crippen molar-refractivity contribution in [2.75, 3.05) is 19.0 Å². The number of nitrogens with one attached hydrogen (secondary N) is 2. The summed E-state index contributed by atoms with van der Waals surface area (Å²) >= 11 is 0. The van der Waals surface area contributed by atoms with Crippen LogP contribution in [0, 0.1) is 0 Å². The number of carbonyl (C=O) groups is 3. The lowest BCUT2D eigenvalue weighted by molar-refractivity contribution is -0.134. The number of aryl methyl sites for hydroxylation is 1. The third-order valence-electron chi connectivity index (χ3n) is 5.21. The van der Waals surface area contributed by atoms with Gasteiger partial charge in [-0.15, -0.1) is 0 Å². The molecular formula is C22H25N3O4. The number of anilines is 1. The van der Waals surface area contributed by atoms with Gasteiger partial charge in [-0.05, 0) is 48.2 Å². The Labute approximate surface area is 170 Å². The Kier molecular flexibility index (Phi) is 5.87. The number of hydrogen-bond acceptors (Lipinski definition) is 4. The van der Waals surface area contributed by atoms with Crippen LogP contribution in [-0.2, 0) is 21.5 Å². The van der Waals surface area contributed by atoms with Crippen molar-refractivity contribution in [1.82, 2.24) is 10.2 Å². The Morgan fingerprint density at radius 1 is 1.14 bits per heavy atom. The number of benzene rings is 2. The highest BCUT2D eigenvalue weighted by molar-refractivity contribution is 6.10. The molecule has 7 nitrogen and oxygen atoms in total. The zero-order valence-electron chi connectivity index (χ0n) is 16.8. The first kappa shape index (κ1) is 20.4. The number of imide groups is 1. The molecule has 1 aliphatic heterocycles. The number of amides is 4. The van der Waals surface area contributed by atoms with E-state index in [0.29, 0.717) is 23.4 Å². The Bertz CT molecular complexity index is 926. The van der Waals surface area contributed by atoms with Gasteiger partial charge in [0.1, 0.15) is 17.8 Å². The van der Waals surface area contributed by atoms with Crippen molar-refractivity contribution in [2.24, 2.45) is 0 Å². The van der Waals surface area contributed by atoms with Crippen LogP contribution in [0.4, 0.5) is 10.5 Å². The van der Waals surface area contributed by atoms with Crippen LogP contribution in [0.2, 0.25) is 0 Å². The average molecular weight is 395 g/mol. The summed E-state index contributed by atoms with van der Waals surface area (Å²) in [5, 5.41) is 5.53. The first-order valence-electron chi connectivity index (χ1n) is 9.61. The molecule has 0 unspecified atom stereocenters. The molecule has 1 saturated heterocycles. The molecule has 0 saturated carbocycles. The molecule has 0 aromatic heterocycles. The van der Waals surface area contributed by atoms with E-state index < -0.39 is 23.4 Å². The Balaban J connectivity index is 1.77. The van der Waals surface area contributed by atoms with Crippen LogP contribution in [-0.4, -0.2) is 36.4 Å². The summed E-state index contributed by atoms with van der Waals surface area (Å²) in [6, 6.07) is 13.9. The molecule has 7 heteroatoms.